The van der Waals surface area contributed by atoms with Crippen molar-refractivity contribution in [1.82, 2.24) is 19.8 Å². The highest BCUT2D eigenvalue weighted by Gasteiger charge is 2.42. The van der Waals surface area contributed by atoms with Crippen molar-refractivity contribution >= 4 is 133 Å². The number of aromatic nitrogens is 2. The molecule has 0 saturated heterocycles. The van der Waals surface area contributed by atoms with Crippen molar-refractivity contribution in [3.8, 4) is 23.0 Å². The molecule has 6 aromatic carbocycles. The number of nitrogens with one attached hydrogen (secondary N) is 1. The SMILES string of the molecule is COc1cc(N)c(C(=O)N2C=C(c3ccc4ncccc4c3)C[C@H]2CO[Si](C)(C)C(C)(C)C)cc1OC.COc1cc(NC(=O)OC[C@@H](C)SSc2ccc([N+](=O)[O-])cc2)c(C(=O)N2C=C(c3ccc4ncccc4c3)C[C@H]2CO[Si](C)(C)C(C)(C)C)cc1OC.C[C@H](CO)SSc1ccc([N+](=O)[O-])cc1. The zero-order valence-corrected chi connectivity index (χ0v) is 67.9. The Balaban J connectivity index is 0.000000234. The van der Waals surface area contributed by atoms with Crippen LogP contribution in [0.15, 0.2) is 168 Å². The summed E-state index contributed by atoms with van der Waals surface area (Å²) in [5.74, 6) is 1.05. The first-order valence-corrected chi connectivity index (χ1v) is 44.4. The zero-order chi connectivity index (χ0) is 77.4. The van der Waals surface area contributed by atoms with Gasteiger partial charge in [-0.1, -0.05) is 116 Å². The van der Waals surface area contributed by atoms with E-state index in [1.54, 1.807) is 95.7 Å². The van der Waals surface area contributed by atoms with E-state index in [0.717, 1.165) is 53.9 Å². The summed E-state index contributed by atoms with van der Waals surface area (Å²) < 4.78 is 40.7. The number of hydrogen-bond acceptors (Lipinski definition) is 22. The van der Waals surface area contributed by atoms with Crippen molar-refractivity contribution in [2.45, 2.75) is 137 Å². The molecule has 29 heteroatoms. The standard InChI is InChI=1S/C39H46N4O8S2Si.C29H37N3O4Si.C9H11NO3S2/c1-25(52-53-31-14-12-29(13-15-31)43(46)47)23-50-38(45)41-34-21-36(49-6)35(48-5)20-32(34)37(44)42-22-28(19-30(42)24-51-54(7,8)39(2,3)4)26-11-16-33-27(18-26)10-9-17-40-33;1-29(2,3)37(6,7)36-18-22-14-21(19-10-11-25-20(13-19)9-8-12-31-25)17-32(22)28(33)23-15-26(34-4)27(35-5)16-24(23)30;1-7(6-11)14-15-9-4-2-8(3-5-9)10(12)13/h9-18,20-22,25,30H,19,23-24H2,1-8H3,(H,41,45);8-13,15-17,22H,14,18,30H2,1-7H3;2-5,7,11H,6H2,1H3/t25-,30+;22-;7-/m101/s1. The van der Waals surface area contributed by atoms with E-state index >= 15 is 0 Å². The van der Waals surface area contributed by atoms with Gasteiger partial charge in [0.15, 0.2) is 39.6 Å². The van der Waals surface area contributed by atoms with Gasteiger partial charge in [0, 0.05) is 97.9 Å². The minimum atomic E-state index is -2.17. The number of fused-ring (bicyclic) bond motifs is 2. The van der Waals surface area contributed by atoms with Crippen molar-refractivity contribution < 1.29 is 61.9 Å². The number of ether oxygens (including phenoxy) is 5. The fraction of sp³-hybridized carbons (Fsp3) is 0.364. The Kier molecular flexibility index (Phi) is 28.8. The number of carbonyl (C=O) groups excluding carboxylic acids is 3. The van der Waals surface area contributed by atoms with Gasteiger partial charge in [0.25, 0.3) is 23.2 Å². The van der Waals surface area contributed by atoms with E-state index in [9.17, 15) is 34.6 Å². The van der Waals surface area contributed by atoms with Gasteiger partial charge >= 0.3 is 6.09 Å². The molecule has 4 heterocycles. The maximum atomic E-state index is 14.7. The summed E-state index contributed by atoms with van der Waals surface area (Å²) in [7, 11) is 7.79. The summed E-state index contributed by atoms with van der Waals surface area (Å²) in [5.41, 5.74) is 13.4. The number of carbonyl (C=O) groups is 3. The van der Waals surface area contributed by atoms with Crippen molar-refractivity contribution in [3.05, 3.63) is 201 Å². The Morgan fingerprint density at radius 3 is 1.42 bits per heavy atom. The number of nitro groups is 2. The lowest BCUT2D eigenvalue weighted by atomic mass is 10.0. The Hall–Kier alpha value is -8.66. The Bertz CT molecular complexity index is 4500. The molecular formula is C77H94N8O15S4Si2. The molecular weight excluding hydrogens is 1460 g/mol. The van der Waals surface area contributed by atoms with Gasteiger partial charge in [0.2, 0.25) is 0 Å². The summed E-state index contributed by atoms with van der Waals surface area (Å²) in [5, 5.41) is 35.0. The number of non-ortho nitro benzene ring substituents is 2. The summed E-state index contributed by atoms with van der Waals surface area (Å²) in [6.07, 6.45) is 7.87. The number of nitrogen functional groups attached to an aromatic ring is 1. The summed E-state index contributed by atoms with van der Waals surface area (Å²) in [6.45, 7) is 26.8. The van der Waals surface area contributed by atoms with Crippen LogP contribution in [-0.4, -0.2) is 147 Å². The second-order valence-corrected chi connectivity index (χ2v) is 43.4. The lowest BCUT2D eigenvalue weighted by Gasteiger charge is -2.38. The first-order chi connectivity index (χ1) is 50.2. The lowest BCUT2D eigenvalue weighted by molar-refractivity contribution is -0.385. The number of amides is 3. The third-order valence-corrected chi connectivity index (χ3v) is 33.6. The summed E-state index contributed by atoms with van der Waals surface area (Å²) in [4.78, 5) is 76.4. The zero-order valence-electron chi connectivity index (χ0n) is 62.6. The van der Waals surface area contributed by atoms with E-state index in [1.165, 1.54) is 70.9 Å². The molecule has 106 heavy (non-hydrogen) atoms. The van der Waals surface area contributed by atoms with E-state index in [-0.39, 0.29) is 80.3 Å². The number of nitrogens with zero attached hydrogens (tertiary/aromatic N) is 6. The van der Waals surface area contributed by atoms with Gasteiger partial charge in [0.1, 0.15) is 6.61 Å². The summed E-state index contributed by atoms with van der Waals surface area (Å²) in [6, 6.07) is 38.7. The Labute approximate surface area is 637 Å². The van der Waals surface area contributed by atoms with E-state index in [1.807, 2.05) is 68.7 Å². The molecule has 4 atom stereocenters. The average molecular weight is 1560 g/mol. The van der Waals surface area contributed by atoms with Crippen LogP contribution in [0.5, 0.6) is 23.0 Å². The van der Waals surface area contributed by atoms with E-state index in [4.69, 9.17) is 43.4 Å². The predicted octanol–water partition coefficient (Wildman–Crippen LogP) is 18.6. The third kappa shape index (κ3) is 21.6. The van der Waals surface area contributed by atoms with Crippen molar-refractivity contribution in [1.29, 1.82) is 0 Å². The molecule has 0 radical (unpaired) electrons. The molecule has 0 fully saturated rings. The molecule has 10 rings (SSSR count). The Morgan fingerprint density at radius 1 is 0.594 bits per heavy atom. The fourth-order valence-electron chi connectivity index (χ4n) is 10.5. The van der Waals surface area contributed by atoms with Gasteiger partial charge in [-0.05, 0) is 151 Å². The average Bonchev–Trinajstić information content (AvgIpc) is 1.61. The number of hydrogen-bond donors (Lipinski definition) is 3. The molecule has 2 aliphatic rings. The topological polar surface area (TPSA) is 293 Å². The number of nitro benzene ring substituents is 2. The first kappa shape index (κ1) is 83.0. The van der Waals surface area contributed by atoms with Gasteiger partial charge in [-0.3, -0.25) is 45.1 Å². The molecule has 2 aromatic heterocycles. The van der Waals surface area contributed by atoms with Crippen LogP contribution in [0.3, 0.4) is 0 Å². The number of methoxy groups -OCH3 is 4. The van der Waals surface area contributed by atoms with E-state index < -0.39 is 32.6 Å². The van der Waals surface area contributed by atoms with Crippen LogP contribution in [-0.2, 0) is 13.6 Å². The minimum Gasteiger partial charge on any atom is -0.493 e. The molecule has 0 spiro atoms. The molecule has 8 aromatic rings. The molecule has 3 amide bonds. The lowest BCUT2D eigenvalue weighted by Crippen LogP contribution is -2.45. The molecule has 0 bridgehead atoms. The van der Waals surface area contributed by atoms with Gasteiger partial charge < -0.3 is 53.2 Å². The molecule has 23 nitrogen and oxygen atoms in total. The molecule has 0 aliphatic carbocycles. The largest absolute Gasteiger partial charge is 0.493 e. The van der Waals surface area contributed by atoms with Gasteiger partial charge in [-0.25, -0.2) is 4.79 Å². The van der Waals surface area contributed by atoms with Crippen molar-refractivity contribution in [3.63, 3.8) is 0 Å². The quantitative estimate of drug-likeness (QED) is 0.0149. The highest BCUT2D eigenvalue weighted by Crippen LogP contribution is 2.44. The molecule has 0 unspecified atom stereocenters. The number of rotatable bonds is 26. The smallest absolute Gasteiger partial charge is 0.411 e. The van der Waals surface area contributed by atoms with Gasteiger partial charge in [-0.15, -0.1) is 0 Å². The number of aliphatic hydroxyl groups excluding tert-OH is 1. The van der Waals surface area contributed by atoms with Crippen LogP contribution in [0.1, 0.15) is 100 Å². The Morgan fingerprint density at radius 2 is 1.00 bits per heavy atom. The van der Waals surface area contributed by atoms with Crippen LogP contribution in [0.2, 0.25) is 36.3 Å². The predicted molar refractivity (Wildman–Crippen MR) is 432 cm³/mol. The number of benzene rings is 6. The van der Waals surface area contributed by atoms with Crippen LogP contribution < -0.4 is 30.0 Å². The van der Waals surface area contributed by atoms with Crippen LogP contribution in [0, 0.1) is 20.2 Å². The third-order valence-electron chi connectivity index (χ3n) is 18.8. The number of aliphatic hydroxyl groups is 1. The number of nitrogens with two attached hydrogens (primary N) is 1. The molecule has 564 valence electrons. The van der Waals surface area contributed by atoms with Crippen LogP contribution >= 0.6 is 43.2 Å². The van der Waals surface area contributed by atoms with Crippen LogP contribution in [0.4, 0.5) is 27.5 Å². The minimum absolute atomic E-state index is 0.0179. The van der Waals surface area contributed by atoms with Crippen molar-refractivity contribution in [2.24, 2.45) is 0 Å². The monoisotopic (exact) mass is 1550 g/mol. The van der Waals surface area contributed by atoms with E-state index in [2.05, 4.69) is 101 Å². The van der Waals surface area contributed by atoms with Crippen LogP contribution in [0.25, 0.3) is 33.0 Å². The van der Waals surface area contributed by atoms with E-state index in [0.29, 0.717) is 60.3 Å². The fourth-order valence-corrected chi connectivity index (χ4v) is 16.5. The van der Waals surface area contributed by atoms with Crippen molar-refractivity contribution in [2.75, 3.05) is 65.9 Å². The maximum absolute atomic E-state index is 14.7. The molecule has 2 aliphatic heterocycles. The highest BCUT2D eigenvalue weighted by molar-refractivity contribution is 8.77. The van der Waals surface area contributed by atoms with Gasteiger partial charge in [0.05, 0.1) is 98.0 Å². The number of pyridine rings is 2. The highest BCUT2D eigenvalue weighted by atomic mass is 33.1. The number of anilines is 2. The normalized spacial score (nSPS) is 15.1. The maximum Gasteiger partial charge on any atom is 0.411 e. The molecule has 0 saturated carbocycles. The molecule has 4 N–H and O–H groups in total. The second-order valence-electron chi connectivity index (χ2n) is 28.3. The second kappa shape index (κ2) is 36.8. The van der Waals surface area contributed by atoms with Gasteiger partial charge in [-0.2, -0.15) is 0 Å². The summed E-state index contributed by atoms with van der Waals surface area (Å²) >= 11 is 0. The first-order valence-electron chi connectivity index (χ1n) is 34.2.